The van der Waals surface area contributed by atoms with E-state index in [2.05, 4.69) is 24.8 Å². The lowest BCUT2D eigenvalue weighted by atomic mass is 10.2. The molecule has 0 unspecified atom stereocenters. The lowest BCUT2D eigenvalue weighted by Gasteiger charge is -2.10. The second-order valence-electron chi connectivity index (χ2n) is 5.73. The molecule has 0 aliphatic rings. The minimum atomic E-state index is -0.806. The molecule has 3 rings (SSSR count). The van der Waals surface area contributed by atoms with E-state index < -0.39 is 23.7 Å². The Hall–Kier alpha value is -4.08. The Morgan fingerprint density at radius 2 is 1.48 bits per heavy atom. The van der Waals surface area contributed by atoms with Crippen LogP contribution in [0.3, 0.4) is 0 Å². The van der Waals surface area contributed by atoms with E-state index in [4.69, 9.17) is 4.74 Å². The molecular formula is C21H19F2N3O5. The first-order valence-electron chi connectivity index (χ1n) is 8.73. The largest absolute Gasteiger partial charge is 0.497 e. The van der Waals surface area contributed by atoms with Crippen molar-refractivity contribution in [1.29, 1.82) is 0 Å². The fourth-order valence-corrected chi connectivity index (χ4v) is 2.32. The Morgan fingerprint density at radius 1 is 0.871 bits per heavy atom. The predicted octanol–water partition coefficient (Wildman–Crippen LogP) is 3.77. The van der Waals surface area contributed by atoms with E-state index >= 15 is 0 Å². The van der Waals surface area contributed by atoms with Crippen LogP contribution in [0.4, 0.5) is 20.3 Å². The lowest BCUT2D eigenvalue weighted by molar-refractivity contribution is 0.0588. The first-order chi connectivity index (χ1) is 14.9. The SMILES string of the molecule is COC(=O)c1cccnc1F.COC(=O)c1cccnc1Nc1cc(F)cc(OC)c1. The first kappa shape index (κ1) is 23.2. The number of rotatable bonds is 5. The van der Waals surface area contributed by atoms with Crippen molar-refractivity contribution in [3.63, 3.8) is 0 Å². The molecule has 1 N–H and O–H groups in total. The number of halogens is 2. The molecule has 0 bridgehead atoms. The third-order valence-corrected chi connectivity index (χ3v) is 3.75. The molecule has 162 valence electrons. The maximum atomic E-state index is 13.4. The molecule has 0 radical (unpaired) electrons. The summed E-state index contributed by atoms with van der Waals surface area (Å²) in [7, 11) is 3.91. The highest BCUT2D eigenvalue weighted by atomic mass is 19.1. The van der Waals surface area contributed by atoms with Gasteiger partial charge in [0.05, 0.1) is 21.3 Å². The molecule has 0 atom stereocenters. The summed E-state index contributed by atoms with van der Waals surface area (Å²) in [6, 6.07) is 10.1. The molecule has 8 nitrogen and oxygen atoms in total. The fourth-order valence-electron chi connectivity index (χ4n) is 2.32. The second-order valence-corrected chi connectivity index (χ2v) is 5.73. The summed E-state index contributed by atoms with van der Waals surface area (Å²) in [5.41, 5.74) is 0.541. The van der Waals surface area contributed by atoms with E-state index in [0.717, 1.165) is 0 Å². The van der Waals surface area contributed by atoms with Crippen molar-refractivity contribution in [2.75, 3.05) is 26.6 Å². The van der Waals surface area contributed by atoms with Gasteiger partial charge in [-0.25, -0.2) is 23.9 Å². The molecule has 0 fully saturated rings. The lowest BCUT2D eigenvalue weighted by Crippen LogP contribution is -2.07. The summed E-state index contributed by atoms with van der Waals surface area (Å²) >= 11 is 0. The minimum absolute atomic E-state index is 0.144. The van der Waals surface area contributed by atoms with Gasteiger partial charge in [-0.15, -0.1) is 0 Å². The van der Waals surface area contributed by atoms with Crippen LogP contribution in [0.5, 0.6) is 5.75 Å². The maximum absolute atomic E-state index is 13.4. The van der Waals surface area contributed by atoms with E-state index in [0.29, 0.717) is 11.4 Å². The van der Waals surface area contributed by atoms with Gasteiger partial charge in [0.1, 0.15) is 28.5 Å². The number of esters is 2. The number of benzene rings is 1. The van der Waals surface area contributed by atoms with E-state index in [1.54, 1.807) is 18.2 Å². The van der Waals surface area contributed by atoms with Crippen molar-refractivity contribution in [3.05, 3.63) is 77.8 Å². The number of hydrogen-bond donors (Lipinski definition) is 1. The van der Waals surface area contributed by atoms with Crippen molar-refractivity contribution in [2.24, 2.45) is 0 Å². The first-order valence-corrected chi connectivity index (χ1v) is 8.73. The third-order valence-electron chi connectivity index (χ3n) is 3.75. The van der Waals surface area contributed by atoms with Gasteiger partial charge in [-0.2, -0.15) is 4.39 Å². The summed E-state index contributed by atoms with van der Waals surface area (Å²) in [6.45, 7) is 0. The zero-order chi connectivity index (χ0) is 22.8. The highest BCUT2D eigenvalue weighted by Gasteiger charge is 2.13. The third kappa shape index (κ3) is 6.46. The van der Waals surface area contributed by atoms with Crippen LogP contribution in [0.2, 0.25) is 0 Å². The molecule has 2 heterocycles. The molecule has 0 aliphatic heterocycles. The van der Waals surface area contributed by atoms with Crippen molar-refractivity contribution >= 4 is 23.4 Å². The molecule has 10 heteroatoms. The van der Waals surface area contributed by atoms with Crippen LogP contribution in [0.15, 0.2) is 54.9 Å². The average Bonchev–Trinajstić information content (AvgIpc) is 2.78. The Labute approximate surface area is 176 Å². The summed E-state index contributed by atoms with van der Waals surface area (Å²) in [4.78, 5) is 29.7. The summed E-state index contributed by atoms with van der Waals surface area (Å²) in [6.07, 6.45) is 2.78. The zero-order valence-electron chi connectivity index (χ0n) is 16.9. The Bertz CT molecular complexity index is 1060. The van der Waals surface area contributed by atoms with Crippen LogP contribution in [0, 0.1) is 11.8 Å². The molecule has 0 amide bonds. The minimum Gasteiger partial charge on any atom is -0.497 e. The van der Waals surface area contributed by atoms with Gasteiger partial charge >= 0.3 is 11.9 Å². The molecule has 3 aromatic rings. The topological polar surface area (TPSA) is 99.6 Å². The molecule has 0 spiro atoms. The second kappa shape index (κ2) is 11.2. The predicted molar refractivity (Wildman–Crippen MR) is 107 cm³/mol. The Balaban J connectivity index is 0.000000262. The van der Waals surface area contributed by atoms with E-state index in [-0.39, 0.29) is 16.9 Å². The smallest absolute Gasteiger partial charge is 0.342 e. The molecule has 0 saturated carbocycles. The van der Waals surface area contributed by atoms with Crippen molar-refractivity contribution in [1.82, 2.24) is 9.97 Å². The standard InChI is InChI=1S/C14H13FN2O3.C7H6FNO2/c1-19-11-7-9(15)6-10(8-11)17-13-12(14(18)20-2)4-3-5-16-13;1-11-7(10)5-3-2-4-9-6(5)8/h3-8H,1-2H3,(H,16,17);2-4H,1H3. The van der Waals surface area contributed by atoms with Crippen molar-refractivity contribution < 1.29 is 32.6 Å². The average molecular weight is 431 g/mol. The number of hydrogen-bond acceptors (Lipinski definition) is 8. The van der Waals surface area contributed by atoms with Gasteiger partial charge in [0.2, 0.25) is 5.95 Å². The van der Waals surface area contributed by atoms with Crippen LogP contribution >= 0.6 is 0 Å². The number of nitrogens with one attached hydrogen (secondary N) is 1. The number of aromatic nitrogens is 2. The van der Waals surface area contributed by atoms with Crippen LogP contribution in [-0.2, 0) is 9.47 Å². The quantitative estimate of drug-likeness (QED) is 0.482. The van der Waals surface area contributed by atoms with Gasteiger partial charge < -0.3 is 19.5 Å². The van der Waals surface area contributed by atoms with Crippen LogP contribution in [0.1, 0.15) is 20.7 Å². The van der Waals surface area contributed by atoms with Gasteiger partial charge in [-0.3, -0.25) is 0 Å². The van der Waals surface area contributed by atoms with E-state index in [1.165, 1.54) is 58.0 Å². The number of ether oxygens (including phenoxy) is 3. The number of carbonyl (C=O) groups is 2. The Morgan fingerprint density at radius 3 is 2.10 bits per heavy atom. The summed E-state index contributed by atoms with van der Waals surface area (Å²) in [5.74, 6) is -1.85. The molecule has 31 heavy (non-hydrogen) atoms. The van der Waals surface area contributed by atoms with Crippen molar-refractivity contribution in [2.45, 2.75) is 0 Å². The fraction of sp³-hybridized carbons (Fsp3) is 0.143. The van der Waals surface area contributed by atoms with Crippen LogP contribution in [0.25, 0.3) is 0 Å². The number of methoxy groups -OCH3 is 3. The van der Waals surface area contributed by atoms with Gasteiger partial charge in [-0.05, 0) is 30.3 Å². The maximum Gasteiger partial charge on any atom is 0.342 e. The number of pyridine rings is 2. The number of carbonyl (C=O) groups excluding carboxylic acids is 2. The molecular weight excluding hydrogens is 412 g/mol. The Kier molecular flexibility index (Phi) is 8.38. The van der Waals surface area contributed by atoms with E-state index in [9.17, 15) is 18.4 Å². The summed E-state index contributed by atoms with van der Waals surface area (Å²) in [5, 5.41) is 2.87. The highest BCUT2D eigenvalue weighted by Crippen LogP contribution is 2.24. The van der Waals surface area contributed by atoms with Crippen molar-refractivity contribution in [3.8, 4) is 5.75 Å². The van der Waals surface area contributed by atoms with Gasteiger partial charge in [0.25, 0.3) is 0 Å². The van der Waals surface area contributed by atoms with E-state index in [1.807, 2.05) is 0 Å². The van der Waals surface area contributed by atoms with Crippen LogP contribution in [-0.4, -0.2) is 43.2 Å². The molecule has 2 aromatic heterocycles. The monoisotopic (exact) mass is 431 g/mol. The van der Waals surface area contributed by atoms with Gasteiger partial charge in [0.15, 0.2) is 0 Å². The number of nitrogens with zero attached hydrogens (tertiary/aromatic N) is 2. The van der Waals surface area contributed by atoms with Gasteiger partial charge in [-0.1, -0.05) is 0 Å². The molecule has 1 aromatic carbocycles. The zero-order valence-corrected chi connectivity index (χ0v) is 16.9. The van der Waals surface area contributed by atoms with Crippen LogP contribution < -0.4 is 10.1 Å². The highest BCUT2D eigenvalue weighted by molar-refractivity contribution is 5.95. The summed E-state index contributed by atoms with van der Waals surface area (Å²) < 4.78 is 40.0. The van der Waals surface area contributed by atoms with Gasteiger partial charge in [0, 0.05) is 30.2 Å². The normalized spacial score (nSPS) is 9.71. The molecule has 0 saturated heterocycles. The molecule has 0 aliphatic carbocycles. The number of anilines is 2.